The lowest BCUT2D eigenvalue weighted by Crippen LogP contribution is -2.32. The van der Waals surface area contributed by atoms with Crippen molar-refractivity contribution < 1.29 is 14.3 Å². The summed E-state index contributed by atoms with van der Waals surface area (Å²) < 4.78 is 17.6. The second kappa shape index (κ2) is 9.60. The first-order valence-corrected chi connectivity index (χ1v) is 11.8. The van der Waals surface area contributed by atoms with Gasteiger partial charge in [-0.1, -0.05) is 17.7 Å². The third-order valence-corrected chi connectivity index (χ3v) is 6.50. The molecule has 10 heteroatoms. The van der Waals surface area contributed by atoms with Gasteiger partial charge < -0.3 is 15.0 Å². The molecule has 2 aromatic heterocycles. The minimum atomic E-state index is -0.550. The van der Waals surface area contributed by atoms with Gasteiger partial charge in [-0.3, -0.25) is 14.3 Å². The Hall–Kier alpha value is -3.95. The zero-order valence-electron chi connectivity index (χ0n) is 19.4. The summed E-state index contributed by atoms with van der Waals surface area (Å²) in [4.78, 5) is 30.7. The van der Waals surface area contributed by atoms with Gasteiger partial charge in [-0.15, -0.1) is 0 Å². The number of aromatic nitrogens is 3. The van der Waals surface area contributed by atoms with E-state index >= 15 is 0 Å². The molecule has 1 fully saturated rings. The van der Waals surface area contributed by atoms with Gasteiger partial charge in [-0.05, 0) is 47.5 Å². The summed E-state index contributed by atoms with van der Waals surface area (Å²) in [5, 5.41) is 14.6. The van der Waals surface area contributed by atoms with Gasteiger partial charge in [0.2, 0.25) is 5.91 Å². The molecule has 0 unspecified atom stereocenters. The molecule has 0 saturated carbocycles. The lowest BCUT2D eigenvalue weighted by Gasteiger charge is -2.20. The van der Waals surface area contributed by atoms with Crippen LogP contribution in [0.1, 0.15) is 6.42 Å². The Bertz CT molecular complexity index is 1530. The maximum absolute atomic E-state index is 14.8. The van der Waals surface area contributed by atoms with Crippen LogP contribution in [0.5, 0.6) is 5.75 Å². The van der Waals surface area contributed by atoms with E-state index in [0.29, 0.717) is 48.7 Å². The summed E-state index contributed by atoms with van der Waals surface area (Å²) in [6.07, 6.45) is 5.11. The van der Waals surface area contributed by atoms with Gasteiger partial charge in [-0.2, -0.15) is 0 Å². The van der Waals surface area contributed by atoms with Crippen LogP contribution in [-0.4, -0.2) is 44.8 Å². The number of nitrogens with one attached hydrogen (secondary N) is 1. The Morgan fingerprint density at radius 3 is 2.47 bits per heavy atom. The zero-order valence-corrected chi connectivity index (χ0v) is 20.2. The average molecular weight is 508 g/mol. The van der Waals surface area contributed by atoms with Crippen LogP contribution >= 0.6 is 11.6 Å². The number of pyridine rings is 1. The van der Waals surface area contributed by atoms with Crippen LogP contribution in [0.25, 0.3) is 27.9 Å². The molecule has 1 aliphatic heterocycles. The van der Waals surface area contributed by atoms with Gasteiger partial charge in [-0.25, -0.2) is 14.2 Å². The standard InChI is InChI=1S/C26H23ClFN5O3/c1-31-10-11-32(26(31)36)22-3-2-16(12-21(22)27)19-14-18(28)15-20(25(19)35)17-4-7-30-23(13-17)33-9-8-29-6-5-24(33)34/h2-4,7,10-15,29,35H,5-6,8-9H2,1H3. The lowest BCUT2D eigenvalue weighted by molar-refractivity contribution is -0.118. The number of hydrogen-bond donors (Lipinski definition) is 2. The Morgan fingerprint density at radius 2 is 1.78 bits per heavy atom. The molecule has 0 radical (unpaired) electrons. The maximum Gasteiger partial charge on any atom is 0.332 e. The van der Waals surface area contributed by atoms with Crippen molar-refractivity contribution in [3.05, 3.63) is 82.4 Å². The molecule has 184 valence electrons. The summed E-state index contributed by atoms with van der Waals surface area (Å²) >= 11 is 6.48. The Balaban J connectivity index is 1.55. The van der Waals surface area contributed by atoms with Crippen LogP contribution in [-0.2, 0) is 11.8 Å². The van der Waals surface area contributed by atoms with Crippen LogP contribution in [0.2, 0.25) is 5.02 Å². The van der Waals surface area contributed by atoms with E-state index in [4.69, 9.17) is 11.6 Å². The predicted octanol–water partition coefficient (Wildman–Crippen LogP) is 3.73. The topological polar surface area (TPSA) is 92.4 Å². The first kappa shape index (κ1) is 23.8. The number of benzene rings is 2. The van der Waals surface area contributed by atoms with Gasteiger partial charge in [0.15, 0.2) is 0 Å². The Labute approximate surface area is 211 Å². The number of phenols is 1. The molecule has 1 saturated heterocycles. The van der Waals surface area contributed by atoms with Crippen LogP contribution in [0.3, 0.4) is 0 Å². The highest BCUT2D eigenvalue weighted by Gasteiger charge is 2.21. The Morgan fingerprint density at radius 1 is 1.03 bits per heavy atom. The molecule has 0 atom stereocenters. The van der Waals surface area contributed by atoms with Crippen molar-refractivity contribution in [1.29, 1.82) is 0 Å². The number of phenolic OH excluding ortho intramolecular Hbond substituents is 1. The molecule has 8 nitrogen and oxygen atoms in total. The van der Waals surface area contributed by atoms with Crippen molar-refractivity contribution in [2.24, 2.45) is 7.05 Å². The second-order valence-corrected chi connectivity index (χ2v) is 8.93. The third kappa shape index (κ3) is 4.38. The first-order chi connectivity index (χ1) is 17.3. The van der Waals surface area contributed by atoms with Gasteiger partial charge in [0, 0.05) is 62.8 Å². The molecule has 4 aromatic rings. The number of anilines is 1. The summed E-state index contributed by atoms with van der Waals surface area (Å²) in [5.74, 6) is -0.308. The van der Waals surface area contributed by atoms with Gasteiger partial charge in [0.1, 0.15) is 17.4 Å². The van der Waals surface area contributed by atoms with Crippen LogP contribution in [0, 0.1) is 5.82 Å². The summed E-state index contributed by atoms with van der Waals surface area (Å²) in [7, 11) is 1.64. The van der Waals surface area contributed by atoms with Gasteiger partial charge in [0.25, 0.3) is 0 Å². The van der Waals surface area contributed by atoms with E-state index in [-0.39, 0.29) is 33.5 Å². The fraction of sp³-hybridized carbons (Fsp3) is 0.192. The number of aromatic hydroxyl groups is 1. The number of hydrogen-bond acceptors (Lipinski definition) is 5. The number of rotatable bonds is 4. The molecule has 0 bridgehead atoms. The van der Waals surface area contributed by atoms with E-state index in [0.717, 1.165) is 0 Å². The smallest absolute Gasteiger partial charge is 0.332 e. The van der Waals surface area contributed by atoms with Gasteiger partial charge >= 0.3 is 5.69 Å². The minimum absolute atomic E-state index is 0.0546. The number of nitrogens with zero attached hydrogens (tertiary/aromatic N) is 4. The Kier molecular flexibility index (Phi) is 6.34. The average Bonchev–Trinajstić information content (AvgIpc) is 3.05. The van der Waals surface area contributed by atoms with Crippen LogP contribution in [0.15, 0.2) is 65.8 Å². The largest absolute Gasteiger partial charge is 0.507 e. The molecule has 36 heavy (non-hydrogen) atoms. The number of carbonyl (C=O) groups excluding carboxylic acids is 1. The third-order valence-electron chi connectivity index (χ3n) is 6.20. The molecule has 5 rings (SSSR count). The van der Waals surface area contributed by atoms with E-state index in [9.17, 15) is 19.1 Å². The van der Waals surface area contributed by atoms with E-state index in [1.54, 1.807) is 54.7 Å². The highest BCUT2D eigenvalue weighted by molar-refractivity contribution is 6.32. The van der Waals surface area contributed by atoms with Crippen molar-refractivity contribution in [2.75, 3.05) is 24.5 Å². The molecule has 1 aliphatic rings. The summed E-state index contributed by atoms with van der Waals surface area (Å²) in [6, 6.07) is 10.7. The molecule has 1 amide bonds. The number of imidazole rings is 1. The highest BCUT2D eigenvalue weighted by atomic mass is 35.5. The fourth-order valence-electron chi connectivity index (χ4n) is 4.30. The second-order valence-electron chi connectivity index (χ2n) is 8.53. The van der Waals surface area contributed by atoms with E-state index in [1.165, 1.54) is 27.5 Å². The monoisotopic (exact) mass is 507 g/mol. The number of carbonyl (C=O) groups is 1. The number of halogens is 2. The van der Waals surface area contributed by atoms with Crippen LogP contribution in [0.4, 0.5) is 10.2 Å². The van der Waals surface area contributed by atoms with E-state index in [1.807, 2.05) is 0 Å². The molecular formula is C26H23ClFN5O3. The van der Waals surface area contributed by atoms with Crippen molar-refractivity contribution >= 4 is 23.3 Å². The van der Waals surface area contributed by atoms with E-state index < -0.39 is 5.82 Å². The zero-order chi connectivity index (χ0) is 25.4. The molecule has 2 aromatic carbocycles. The molecule has 0 aliphatic carbocycles. The molecule has 3 heterocycles. The lowest BCUT2D eigenvalue weighted by atomic mass is 9.97. The van der Waals surface area contributed by atoms with E-state index in [2.05, 4.69) is 10.3 Å². The van der Waals surface area contributed by atoms with Crippen molar-refractivity contribution in [2.45, 2.75) is 6.42 Å². The fourth-order valence-corrected chi connectivity index (χ4v) is 4.57. The quantitative estimate of drug-likeness (QED) is 0.439. The predicted molar refractivity (Wildman–Crippen MR) is 136 cm³/mol. The SMILES string of the molecule is Cn1ccn(-c2ccc(-c3cc(F)cc(-c4ccnc(N5CCNCCC5=O)c4)c3O)cc2Cl)c1=O. The highest BCUT2D eigenvalue weighted by Crippen LogP contribution is 2.40. The molecular weight excluding hydrogens is 485 g/mol. The van der Waals surface area contributed by atoms with Gasteiger partial charge in [0.05, 0.1) is 10.7 Å². The minimum Gasteiger partial charge on any atom is -0.507 e. The summed E-state index contributed by atoms with van der Waals surface area (Å²) in [5.41, 5.74) is 1.71. The number of amides is 1. The van der Waals surface area contributed by atoms with Crippen molar-refractivity contribution in [1.82, 2.24) is 19.4 Å². The van der Waals surface area contributed by atoms with Crippen molar-refractivity contribution in [3.8, 4) is 33.7 Å². The number of aryl methyl sites for hydroxylation is 1. The molecule has 2 N–H and O–H groups in total. The normalized spacial score (nSPS) is 14.2. The maximum atomic E-state index is 14.8. The first-order valence-electron chi connectivity index (χ1n) is 11.4. The summed E-state index contributed by atoms with van der Waals surface area (Å²) in [6.45, 7) is 1.70. The van der Waals surface area contributed by atoms with Crippen LogP contribution < -0.4 is 15.9 Å². The molecule has 0 spiro atoms. The van der Waals surface area contributed by atoms with Crippen molar-refractivity contribution in [3.63, 3.8) is 0 Å².